The zero-order valence-electron chi connectivity index (χ0n) is 41.1. The Hall–Kier alpha value is -8.14. The van der Waals surface area contributed by atoms with Crippen LogP contribution in [0.15, 0.2) is 178 Å². The van der Waals surface area contributed by atoms with E-state index >= 15 is 0 Å². The molecule has 0 unspecified atom stereocenters. The van der Waals surface area contributed by atoms with Crippen molar-refractivity contribution in [2.45, 2.75) is 51.9 Å². The van der Waals surface area contributed by atoms with Crippen molar-refractivity contribution in [2.24, 2.45) is 0 Å². The van der Waals surface area contributed by atoms with Crippen LogP contribution in [0, 0.1) is 0 Å². The molecule has 4 aliphatic heterocycles. The Labute approximate surface area is 423 Å². The number of hydrogen-bond donors (Lipinski definition) is 0. The molecule has 0 N–H and O–H groups in total. The van der Waals surface area contributed by atoms with E-state index in [9.17, 15) is 0 Å². The normalized spacial score (nSPS) is 14.8. The van der Waals surface area contributed by atoms with Crippen molar-refractivity contribution in [1.82, 2.24) is 4.90 Å². The van der Waals surface area contributed by atoms with Crippen molar-refractivity contribution in [3.63, 3.8) is 0 Å². The lowest BCUT2D eigenvalue weighted by molar-refractivity contribution is 0.120. The summed E-state index contributed by atoms with van der Waals surface area (Å²) in [7, 11) is 2.08. The first-order valence-electron chi connectivity index (χ1n) is 24.8. The fourth-order valence-electron chi connectivity index (χ4n) is 10.5. The van der Waals surface area contributed by atoms with E-state index in [-0.39, 0.29) is 0 Å². The molecule has 0 radical (unpaired) electrons. The van der Waals surface area contributed by atoms with Gasteiger partial charge in [0.1, 0.15) is 41.2 Å². The lowest BCUT2D eigenvalue weighted by Crippen LogP contribution is -2.32. The number of benzene rings is 7. The molecule has 0 amide bonds. The van der Waals surface area contributed by atoms with Crippen molar-refractivity contribution in [3.8, 4) is 56.8 Å². The Morgan fingerprint density at radius 2 is 0.722 bits per heavy atom. The van der Waals surface area contributed by atoms with Crippen molar-refractivity contribution in [1.29, 1.82) is 0 Å². The molecule has 0 bridgehead atoms. The maximum atomic E-state index is 6.55. The van der Waals surface area contributed by atoms with Crippen molar-refractivity contribution < 1.29 is 23.7 Å². The molecular weight excluding hydrogens is 893 g/mol. The van der Waals surface area contributed by atoms with Gasteiger partial charge in [0.25, 0.3) is 0 Å². The number of allylic oxidation sites excluding steroid dienone is 4. The van der Waals surface area contributed by atoms with Gasteiger partial charge in [-0.3, -0.25) is 4.90 Å². The second-order valence-corrected chi connectivity index (χ2v) is 19.1. The maximum absolute atomic E-state index is 6.55. The maximum Gasteiger partial charge on any atom is 0.161 e. The molecular formula is C63H60N4O5. The van der Waals surface area contributed by atoms with E-state index in [4.69, 9.17) is 23.7 Å². The fraction of sp³-hybridized carbons (Fsp3) is 0.206. The average Bonchev–Trinajstić information content (AvgIpc) is 3.41. The molecule has 11 rings (SSSR count). The van der Waals surface area contributed by atoms with Gasteiger partial charge in [0.15, 0.2) is 20.2 Å². The van der Waals surface area contributed by atoms with E-state index in [1.54, 1.807) is 0 Å². The van der Waals surface area contributed by atoms with Gasteiger partial charge in [0, 0.05) is 65.5 Å². The molecule has 0 aromatic heterocycles. The highest BCUT2D eigenvalue weighted by molar-refractivity contribution is 5.74. The summed E-state index contributed by atoms with van der Waals surface area (Å²) in [4.78, 5) is 8.97. The Bertz CT molecular complexity index is 3180. The van der Waals surface area contributed by atoms with Crippen LogP contribution in [-0.4, -0.2) is 38.9 Å². The van der Waals surface area contributed by atoms with Crippen LogP contribution in [-0.2, 0) is 51.9 Å². The highest BCUT2D eigenvalue weighted by atomic mass is 16.5. The molecule has 9 heteroatoms. The minimum atomic E-state index is 0.437. The predicted molar refractivity (Wildman–Crippen MR) is 291 cm³/mol. The lowest BCUT2D eigenvalue weighted by atomic mass is 9.92. The summed E-state index contributed by atoms with van der Waals surface area (Å²) in [5.41, 5.74) is 17.1. The van der Waals surface area contributed by atoms with Gasteiger partial charge in [-0.1, -0.05) is 42.5 Å². The largest absolute Gasteiger partial charge is 0.478 e. The summed E-state index contributed by atoms with van der Waals surface area (Å²) in [6.45, 7) is 21.2. The quantitative estimate of drug-likeness (QED) is 0.0935. The summed E-state index contributed by atoms with van der Waals surface area (Å²) >= 11 is 0. The van der Waals surface area contributed by atoms with E-state index in [1.165, 1.54) is 16.7 Å². The number of rotatable bonds is 15. The molecule has 362 valence electrons. The Balaban J connectivity index is 0.782. The summed E-state index contributed by atoms with van der Waals surface area (Å²) in [6, 6.07) is 45.1. The second-order valence-electron chi connectivity index (χ2n) is 19.1. The summed E-state index contributed by atoms with van der Waals surface area (Å²) < 4.78 is 32.1. The van der Waals surface area contributed by atoms with Gasteiger partial charge in [-0.05, 0) is 186 Å². The topological polar surface area (TPSA) is 59.1 Å². The Morgan fingerprint density at radius 1 is 0.403 bits per heavy atom. The summed E-state index contributed by atoms with van der Waals surface area (Å²) in [5, 5.41) is 0. The minimum Gasteiger partial charge on any atom is -0.478 e. The monoisotopic (exact) mass is 952 g/mol. The molecule has 72 heavy (non-hydrogen) atoms. The van der Waals surface area contributed by atoms with Crippen LogP contribution in [0.4, 0.5) is 17.1 Å². The van der Waals surface area contributed by atoms with E-state index < -0.39 is 0 Å². The first-order chi connectivity index (χ1) is 35.3. The fourth-order valence-corrected chi connectivity index (χ4v) is 10.5. The molecule has 9 nitrogen and oxygen atoms in total. The van der Waals surface area contributed by atoms with Gasteiger partial charge in [0.05, 0.1) is 0 Å². The smallest absolute Gasteiger partial charge is 0.161 e. The third kappa shape index (κ3) is 9.43. The number of ether oxygens (including phenoxy) is 5. The van der Waals surface area contributed by atoms with E-state index in [2.05, 4.69) is 150 Å². The van der Waals surface area contributed by atoms with Gasteiger partial charge in [-0.15, -0.1) is 26.3 Å². The van der Waals surface area contributed by atoms with Gasteiger partial charge in [-0.25, -0.2) is 0 Å². The van der Waals surface area contributed by atoms with E-state index in [1.807, 2.05) is 54.6 Å². The average molecular weight is 953 g/mol. The van der Waals surface area contributed by atoms with E-state index in [0.29, 0.717) is 46.4 Å². The Morgan fingerprint density at radius 3 is 1.07 bits per heavy atom. The first-order valence-corrected chi connectivity index (χ1v) is 24.8. The summed E-state index contributed by atoms with van der Waals surface area (Å²) in [5.74, 6) is 5.35. The van der Waals surface area contributed by atoms with Crippen LogP contribution in [0.25, 0.3) is 22.3 Å². The SMILES string of the molecule is C=CCc1cc(-c2cc(CC=C)c3c(c2)CN(c2ccc(Oc4ccc(N5COc6c(CC=C)cc(-c7cc(CC=C)c8c(c7)CN(c7ccccc7)CO8)cc6C5)cc4)cc2)CO3)cc2c1OCN(C)C2. The highest BCUT2D eigenvalue weighted by Gasteiger charge is 2.27. The Kier molecular flexibility index (Phi) is 13.0. The molecule has 0 spiro atoms. The molecule has 4 aliphatic rings. The van der Waals surface area contributed by atoms with Crippen LogP contribution >= 0.6 is 0 Å². The molecule has 0 aliphatic carbocycles. The zero-order chi connectivity index (χ0) is 49.1. The van der Waals surface area contributed by atoms with E-state index in [0.717, 1.165) is 134 Å². The second kappa shape index (κ2) is 20.3. The van der Waals surface area contributed by atoms with Crippen LogP contribution in [0.5, 0.6) is 34.5 Å². The van der Waals surface area contributed by atoms with Gasteiger partial charge < -0.3 is 38.4 Å². The molecule has 7 aromatic carbocycles. The minimum absolute atomic E-state index is 0.437. The molecule has 0 saturated heterocycles. The van der Waals surface area contributed by atoms with Crippen LogP contribution in [0.1, 0.15) is 44.5 Å². The molecule has 0 saturated carbocycles. The number of hydrogen-bond acceptors (Lipinski definition) is 9. The molecule has 7 aromatic rings. The van der Waals surface area contributed by atoms with Crippen LogP contribution in [0.3, 0.4) is 0 Å². The van der Waals surface area contributed by atoms with Crippen molar-refractivity contribution >= 4 is 17.1 Å². The third-order valence-corrected chi connectivity index (χ3v) is 13.9. The lowest BCUT2D eigenvalue weighted by Gasteiger charge is -2.33. The standard InChI is InChI=1S/C63H60N4O5/c1-6-13-43-27-47(31-51-35-64(5)39-68-60(43)51)48-28-44(14-7-2)62-53(32-48)37-66(41-70-62)56-19-23-58(24-20-56)72-59-25-21-57(22-26-59)67-38-54-34-50(30-46(16-9-4)63(54)71-42-67)49-29-45(15-8-3)61-52(33-49)36-65(40-69-61)55-17-11-10-12-18-55/h6-12,17-34H,1-4,13-16,35-42H2,5H3. The molecule has 4 heterocycles. The van der Waals surface area contributed by atoms with Gasteiger partial charge in [0.2, 0.25) is 0 Å². The van der Waals surface area contributed by atoms with Gasteiger partial charge >= 0.3 is 0 Å². The first kappa shape index (κ1) is 46.3. The third-order valence-electron chi connectivity index (χ3n) is 13.9. The van der Waals surface area contributed by atoms with Crippen molar-refractivity contribution in [2.75, 3.05) is 48.7 Å². The van der Waals surface area contributed by atoms with Crippen molar-refractivity contribution in [3.05, 3.63) is 223 Å². The van der Waals surface area contributed by atoms with Gasteiger partial charge in [-0.2, -0.15) is 0 Å². The summed E-state index contributed by atoms with van der Waals surface area (Å²) in [6.07, 6.45) is 10.7. The van der Waals surface area contributed by atoms with Crippen LogP contribution in [0.2, 0.25) is 0 Å². The number of fused-ring (bicyclic) bond motifs is 4. The molecule has 0 fully saturated rings. The molecule has 0 atom stereocenters. The van der Waals surface area contributed by atoms with Crippen LogP contribution < -0.4 is 38.4 Å². The number of nitrogens with zero attached hydrogens (tertiary/aromatic N) is 4. The number of anilines is 3. The number of para-hydroxylation sites is 1. The zero-order valence-corrected chi connectivity index (χ0v) is 41.1. The highest BCUT2D eigenvalue weighted by Crippen LogP contribution is 2.43. The predicted octanol–water partition coefficient (Wildman–Crippen LogP) is 13.6.